The molecule has 0 aromatic heterocycles. The largest absolute Gasteiger partial charge is 0.489 e. The number of carbonyl (C=O) groups is 1. The number of halogens is 2. The van der Waals surface area contributed by atoms with Gasteiger partial charge in [-0.05, 0) is 42.8 Å². The fraction of sp³-hybridized carbons (Fsp3) is 0.350. The molecule has 2 atom stereocenters. The zero-order chi connectivity index (χ0) is 22.6. The van der Waals surface area contributed by atoms with Gasteiger partial charge in [0.1, 0.15) is 23.4 Å². The number of methoxy groups -OCH3 is 1. The Bertz CT molecular complexity index is 1050. The van der Waals surface area contributed by atoms with Crippen molar-refractivity contribution in [3.05, 3.63) is 58.9 Å². The van der Waals surface area contributed by atoms with Crippen molar-refractivity contribution < 1.29 is 37.0 Å². The normalized spacial score (nSPS) is 21.5. The summed E-state index contributed by atoms with van der Waals surface area (Å²) in [5, 5.41) is 8.04. The Kier molecular flexibility index (Phi) is 7.17. The van der Waals surface area contributed by atoms with Crippen molar-refractivity contribution in [2.24, 2.45) is 0 Å². The first kappa shape index (κ1) is 23.4. The topological polar surface area (TPSA) is 111 Å². The smallest absolute Gasteiger partial charge is 0.279 e. The first-order valence-electron chi connectivity index (χ1n) is 9.22. The predicted octanol–water partition coefficient (Wildman–Crippen LogP) is 2.51. The fourth-order valence-electron chi connectivity index (χ4n) is 3.43. The Hall–Kier alpha value is -2.24. The lowest BCUT2D eigenvalue weighted by molar-refractivity contribution is -0.167. The van der Waals surface area contributed by atoms with Gasteiger partial charge in [-0.2, -0.15) is 0 Å². The Morgan fingerprint density at radius 3 is 2.65 bits per heavy atom. The lowest BCUT2D eigenvalue weighted by Crippen LogP contribution is -2.63. The number of hydroxylamine groups is 1. The van der Waals surface area contributed by atoms with Crippen molar-refractivity contribution in [2.45, 2.75) is 28.8 Å². The van der Waals surface area contributed by atoms with E-state index in [2.05, 4.69) is 0 Å². The molecule has 2 N–H and O–H groups in total. The number of rotatable bonds is 7. The van der Waals surface area contributed by atoms with Crippen LogP contribution < -0.4 is 10.2 Å². The lowest BCUT2D eigenvalue weighted by atomic mass is 9.95. The molecular weight excluding hydrogens is 453 g/mol. The van der Waals surface area contributed by atoms with E-state index in [1.54, 1.807) is 0 Å². The Labute approximate surface area is 183 Å². The average Bonchev–Trinajstić information content (AvgIpc) is 2.78. The van der Waals surface area contributed by atoms with E-state index in [9.17, 15) is 17.6 Å². The van der Waals surface area contributed by atoms with E-state index >= 15 is 0 Å². The molecule has 0 spiro atoms. The molecule has 0 aliphatic carbocycles. The van der Waals surface area contributed by atoms with Crippen LogP contribution >= 0.6 is 11.6 Å². The van der Waals surface area contributed by atoms with Gasteiger partial charge in [0.05, 0.1) is 16.5 Å². The van der Waals surface area contributed by atoms with E-state index in [4.69, 9.17) is 31.0 Å². The predicted molar refractivity (Wildman–Crippen MR) is 108 cm³/mol. The number of amides is 1. The summed E-state index contributed by atoms with van der Waals surface area (Å²) in [5.74, 6) is -1.09. The summed E-state index contributed by atoms with van der Waals surface area (Å²) in [4.78, 5) is 12.2. The van der Waals surface area contributed by atoms with Crippen LogP contribution in [0.4, 0.5) is 4.39 Å². The highest BCUT2D eigenvalue weighted by molar-refractivity contribution is 7.92. The molecule has 1 amide bonds. The van der Waals surface area contributed by atoms with Crippen molar-refractivity contribution in [3.63, 3.8) is 0 Å². The second kappa shape index (κ2) is 9.49. The van der Waals surface area contributed by atoms with Crippen LogP contribution in [0, 0.1) is 5.82 Å². The molecule has 1 aliphatic rings. The van der Waals surface area contributed by atoms with Crippen LogP contribution in [0.1, 0.15) is 12.0 Å². The third-order valence-corrected chi connectivity index (χ3v) is 7.79. The summed E-state index contributed by atoms with van der Waals surface area (Å²) in [6.07, 6.45) is 0.00487. The summed E-state index contributed by atoms with van der Waals surface area (Å²) < 4.78 is 55.8. The second-order valence-corrected chi connectivity index (χ2v) is 9.44. The van der Waals surface area contributed by atoms with Gasteiger partial charge in [0, 0.05) is 19.3 Å². The van der Waals surface area contributed by atoms with E-state index in [0.29, 0.717) is 11.3 Å². The first-order chi connectivity index (χ1) is 14.7. The SMILES string of the molecule is COC1(C(=O)NO)COCCC1S(=O)(=O)c1ccc(OCc2ccc(F)cc2Cl)cc1. The van der Waals surface area contributed by atoms with Gasteiger partial charge in [-0.1, -0.05) is 17.7 Å². The van der Waals surface area contributed by atoms with Crippen LogP contribution in [0.25, 0.3) is 0 Å². The summed E-state index contributed by atoms with van der Waals surface area (Å²) >= 11 is 5.97. The molecule has 2 aromatic carbocycles. The highest BCUT2D eigenvalue weighted by Crippen LogP contribution is 2.34. The minimum atomic E-state index is -4.03. The molecule has 0 bridgehead atoms. The molecule has 31 heavy (non-hydrogen) atoms. The average molecular weight is 474 g/mol. The Morgan fingerprint density at radius 2 is 2.03 bits per heavy atom. The Morgan fingerprint density at radius 1 is 1.32 bits per heavy atom. The summed E-state index contributed by atoms with van der Waals surface area (Å²) in [5.41, 5.74) is 0.149. The van der Waals surface area contributed by atoms with Gasteiger partial charge in [0.25, 0.3) is 5.91 Å². The maximum Gasteiger partial charge on any atom is 0.279 e. The maximum absolute atomic E-state index is 13.3. The number of ether oxygens (including phenoxy) is 3. The molecule has 1 fully saturated rings. The third kappa shape index (κ3) is 4.68. The van der Waals surface area contributed by atoms with Crippen molar-refractivity contribution in [1.29, 1.82) is 0 Å². The van der Waals surface area contributed by atoms with Gasteiger partial charge < -0.3 is 14.2 Å². The molecule has 8 nitrogen and oxygen atoms in total. The molecule has 2 unspecified atom stereocenters. The first-order valence-corrected chi connectivity index (χ1v) is 11.1. The van der Waals surface area contributed by atoms with Gasteiger partial charge in [-0.3, -0.25) is 10.0 Å². The van der Waals surface area contributed by atoms with Crippen LogP contribution in [0.2, 0.25) is 5.02 Å². The molecule has 1 aliphatic heterocycles. The summed E-state index contributed by atoms with van der Waals surface area (Å²) in [7, 11) is -2.84. The molecule has 3 rings (SSSR count). The molecule has 0 radical (unpaired) electrons. The minimum absolute atomic E-state index is 0.00487. The number of nitrogens with one attached hydrogen (secondary N) is 1. The molecule has 2 aromatic rings. The van der Waals surface area contributed by atoms with E-state index < -0.39 is 32.4 Å². The molecule has 0 saturated carbocycles. The standard InChI is InChI=1S/C20H21ClFNO7S/c1-28-20(19(24)23-25)12-29-9-8-18(20)31(26,27)16-6-4-15(5-7-16)30-11-13-2-3-14(22)10-17(13)21/h2-7,10,18,25H,8-9,11-12H2,1H3,(H,23,24). The summed E-state index contributed by atoms with van der Waals surface area (Å²) in [6.45, 7) is -0.138. The van der Waals surface area contributed by atoms with Crippen molar-refractivity contribution in [2.75, 3.05) is 20.3 Å². The highest BCUT2D eigenvalue weighted by atomic mass is 35.5. The number of hydrogen-bond acceptors (Lipinski definition) is 7. The monoisotopic (exact) mass is 473 g/mol. The van der Waals surface area contributed by atoms with Crippen molar-refractivity contribution in [3.8, 4) is 5.75 Å². The number of carbonyl (C=O) groups excluding carboxylic acids is 1. The number of benzene rings is 2. The van der Waals surface area contributed by atoms with Gasteiger partial charge >= 0.3 is 0 Å². The molecule has 1 saturated heterocycles. The van der Waals surface area contributed by atoms with Gasteiger partial charge in [-0.15, -0.1) is 0 Å². The maximum atomic E-state index is 13.3. The zero-order valence-electron chi connectivity index (χ0n) is 16.5. The molecule has 11 heteroatoms. The molecule has 168 valence electrons. The third-order valence-electron chi connectivity index (χ3n) is 5.15. The van der Waals surface area contributed by atoms with Crippen LogP contribution in [0.15, 0.2) is 47.4 Å². The van der Waals surface area contributed by atoms with E-state index in [0.717, 1.165) is 0 Å². The fourth-order valence-corrected chi connectivity index (χ4v) is 5.67. The van der Waals surface area contributed by atoms with Gasteiger partial charge in [0.15, 0.2) is 15.4 Å². The summed E-state index contributed by atoms with van der Waals surface area (Å²) in [6, 6.07) is 9.56. The van der Waals surface area contributed by atoms with Crippen LogP contribution in [-0.2, 0) is 30.7 Å². The van der Waals surface area contributed by atoms with Gasteiger partial charge in [0.2, 0.25) is 0 Å². The van der Waals surface area contributed by atoms with Crippen LogP contribution in [0.3, 0.4) is 0 Å². The molecule has 1 heterocycles. The zero-order valence-corrected chi connectivity index (χ0v) is 18.1. The quantitative estimate of drug-likeness (QED) is 0.469. The lowest BCUT2D eigenvalue weighted by Gasteiger charge is -2.39. The minimum Gasteiger partial charge on any atom is -0.489 e. The second-order valence-electron chi connectivity index (χ2n) is 6.91. The Balaban J connectivity index is 1.80. The highest BCUT2D eigenvalue weighted by Gasteiger charge is 2.55. The van der Waals surface area contributed by atoms with Crippen molar-refractivity contribution in [1.82, 2.24) is 5.48 Å². The van der Waals surface area contributed by atoms with E-state index in [1.807, 2.05) is 0 Å². The van der Waals surface area contributed by atoms with Crippen LogP contribution in [-0.4, -0.2) is 50.7 Å². The van der Waals surface area contributed by atoms with Gasteiger partial charge in [-0.25, -0.2) is 18.3 Å². The number of hydrogen-bond donors (Lipinski definition) is 2. The van der Waals surface area contributed by atoms with Crippen molar-refractivity contribution >= 4 is 27.3 Å². The molecular formula is C20H21ClFNO7S. The van der Waals surface area contributed by atoms with E-state index in [1.165, 1.54) is 55.1 Å². The number of sulfone groups is 1. The van der Waals surface area contributed by atoms with Crippen LogP contribution in [0.5, 0.6) is 5.75 Å². The van der Waals surface area contributed by atoms with E-state index in [-0.39, 0.29) is 36.2 Å².